The van der Waals surface area contributed by atoms with Gasteiger partial charge in [-0.15, -0.1) is 0 Å². The summed E-state index contributed by atoms with van der Waals surface area (Å²) in [6.45, 7) is 5.27. The Kier molecular flexibility index (Phi) is 4.18. The van der Waals surface area contributed by atoms with Crippen LogP contribution in [0.25, 0.3) is 0 Å². The van der Waals surface area contributed by atoms with E-state index in [4.69, 9.17) is 4.74 Å². The van der Waals surface area contributed by atoms with Gasteiger partial charge in [0.2, 0.25) is 0 Å². The zero-order valence-electron chi connectivity index (χ0n) is 15.1. The van der Waals surface area contributed by atoms with Gasteiger partial charge in [-0.1, -0.05) is 26.3 Å². The normalized spacial score (nSPS) is 34.4. The summed E-state index contributed by atoms with van der Waals surface area (Å²) in [4.78, 5) is 12.4. The van der Waals surface area contributed by atoms with Gasteiger partial charge in [-0.3, -0.25) is 4.79 Å². The van der Waals surface area contributed by atoms with Crippen molar-refractivity contribution in [2.24, 2.45) is 17.3 Å². The van der Waals surface area contributed by atoms with Gasteiger partial charge < -0.3 is 4.74 Å². The highest BCUT2D eigenvalue weighted by Crippen LogP contribution is 2.59. The molecule has 2 saturated carbocycles. The minimum atomic E-state index is -0.0120. The van der Waals surface area contributed by atoms with Gasteiger partial charge in [-0.2, -0.15) is 0 Å². The van der Waals surface area contributed by atoms with Crippen LogP contribution in [0.3, 0.4) is 0 Å². The van der Waals surface area contributed by atoms with Crippen LogP contribution in [-0.4, -0.2) is 12.4 Å². The van der Waals surface area contributed by atoms with Crippen molar-refractivity contribution in [2.45, 2.75) is 71.1 Å². The zero-order chi connectivity index (χ0) is 16.7. The Morgan fingerprint density at radius 1 is 1.21 bits per heavy atom. The van der Waals surface area contributed by atoms with Crippen molar-refractivity contribution >= 4 is 5.78 Å². The maximum Gasteiger partial charge on any atom is 0.139 e. The second-order valence-corrected chi connectivity index (χ2v) is 8.40. The third-order valence-corrected chi connectivity index (χ3v) is 7.17. The van der Waals surface area contributed by atoms with Crippen LogP contribution in [0.4, 0.5) is 0 Å². The van der Waals surface area contributed by atoms with Crippen molar-refractivity contribution < 1.29 is 9.53 Å². The number of carbonyl (C=O) groups excluding carboxylic acids is 1. The van der Waals surface area contributed by atoms with Crippen molar-refractivity contribution in [1.82, 2.24) is 0 Å². The Bertz CT molecular complexity index is 635. The summed E-state index contributed by atoms with van der Waals surface area (Å²) in [5.74, 6) is 3.59. The Balaban J connectivity index is 1.56. The molecule has 3 unspecified atom stereocenters. The van der Waals surface area contributed by atoms with Crippen LogP contribution in [0, 0.1) is 17.3 Å². The number of carbonyl (C=O) groups is 1. The highest BCUT2D eigenvalue weighted by molar-refractivity contribution is 5.87. The first kappa shape index (κ1) is 16.2. The first-order chi connectivity index (χ1) is 11.6. The van der Waals surface area contributed by atoms with Crippen molar-refractivity contribution in [3.05, 3.63) is 29.3 Å². The lowest BCUT2D eigenvalue weighted by Gasteiger charge is -2.48. The van der Waals surface area contributed by atoms with E-state index in [9.17, 15) is 4.79 Å². The van der Waals surface area contributed by atoms with Crippen LogP contribution in [0.5, 0.6) is 5.75 Å². The van der Waals surface area contributed by atoms with E-state index < -0.39 is 0 Å². The van der Waals surface area contributed by atoms with Crippen LogP contribution in [0.2, 0.25) is 0 Å². The van der Waals surface area contributed by atoms with E-state index >= 15 is 0 Å². The number of ether oxygens (including phenoxy) is 1. The van der Waals surface area contributed by atoms with Crippen molar-refractivity contribution in [2.75, 3.05) is 6.61 Å². The van der Waals surface area contributed by atoms with Crippen molar-refractivity contribution in [1.29, 1.82) is 0 Å². The van der Waals surface area contributed by atoms with Crippen LogP contribution < -0.4 is 4.74 Å². The van der Waals surface area contributed by atoms with E-state index in [0.717, 1.165) is 50.4 Å². The molecule has 1 aromatic carbocycles. The van der Waals surface area contributed by atoms with Gasteiger partial charge in [-0.05, 0) is 79.5 Å². The molecule has 4 atom stereocenters. The number of fused-ring (bicyclic) bond motifs is 5. The lowest BCUT2D eigenvalue weighted by Crippen LogP contribution is -2.42. The molecule has 0 aromatic heterocycles. The molecule has 0 bridgehead atoms. The van der Waals surface area contributed by atoms with Crippen LogP contribution in [0.15, 0.2) is 18.2 Å². The molecule has 0 radical (unpaired) electrons. The minimum absolute atomic E-state index is 0.0120. The van der Waals surface area contributed by atoms with E-state index in [-0.39, 0.29) is 5.41 Å². The van der Waals surface area contributed by atoms with Gasteiger partial charge in [-0.25, -0.2) is 0 Å². The highest BCUT2D eigenvalue weighted by atomic mass is 16.5. The highest BCUT2D eigenvalue weighted by Gasteiger charge is 2.54. The quantitative estimate of drug-likeness (QED) is 0.703. The van der Waals surface area contributed by atoms with Gasteiger partial charge in [0.1, 0.15) is 11.5 Å². The number of hydrogen-bond acceptors (Lipinski definition) is 2. The summed E-state index contributed by atoms with van der Waals surface area (Å²) in [6.07, 6.45) is 8.93. The molecule has 3 aliphatic rings. The third-order valence-electron chi connectivity index (χ3n) is 7.17. The predicted octanol–water partition coefficient (Wildman–Crippen LogP) is 5.29. The number of Topliss-reactive ketones (excluding diaryl/α,β-unsaturated/α-hetero) is 1. The molecule has 24 heavy (non-hydrogen) atoms. The summed E-state index contributed by atoms with van der Waals surface area (Å²) in [7, 11) is 0. The monoisotopic (exact) mass is 326 g/mol. The Hall–Kier alpha value is -1.31. The van der Waals surface area contributed by atoms with Gasteiger partial charge in [0.15, 0.2) is 0 Å². The SMILES string of the molecule is CCCCOc1ccc2c(c1)CCC1C2CC[C@]2(C)C(=O)CCC12. The molecule has 0 saturated heterocycles. The van der Waals surface area contributed by atoms with E-state index in [1.807, 2.05) is 0 Å². The molecule has 0 spiro atoms. The maximum absolute atomic E-state index is 12.4. The molecular formula is C22H30O2. The Labute approximate surface area is 146 Å². The van der Waals surface area contributed by atoms with Crippen LogP contribution >= 0.6 is 0 Å². The summed E-state index contributed by atoms with van der Waals surface area (Å²) >= 11 is 0. The lowest BCUT2D eigenvalue weighted by molar-refractivity contribution is -0.129. The van der Waals surface area contributed by atoms with Gasteiger partial charge in [0.25, 0.3) is 0 Å². The molecule has 0 heterocycles. The number of unbranched alkanes of at least 4 members (excludes halogenated alkanes) is 1. The molecule has 0 N–H and O–H groups in total. The lowest BCUT2D eigenvalue weighted by atomic mass is 9.55. The Morgan fingerprint density at radius 2 is 2.08 bits per heavy atom. The van der Waals surface area contributed by atoms with Crippen LogP contribution in [0.1, 0.15) is 75.8 Å². The minimum Gasteiger partial charge on any atom is -0.494 e. The van der Waals surface area contributed by atoms with Crippen LogP contribution in [-0.2, 0) is 11.2 Å². The number of hydrogen-bond donors (Lipinski definition) is 0. The first-order valence-corrected chi connectivity index (χ1v) is 9.92. The standard InChI is InChI=1S/C22H30O2/c1-3-4-13-24-16-6-8-17-15(14-16)5-7-19-18(17)11-12-22(2)20(19)9-10-21(22)23/h6,8,14,18-20H,3-5,7,9-13H2,1-2H3/t18?,19?,20?,22-/m0/s1. The fourth-order valence-corrected chi connectivity index (χ4v) is 5.75. The largest absolute Gasteiger partial charge is 0.494 e. The Morgan fingerprint density at radius 3 is 2.92 bits per heavy atom. The van der Waals surface area contributed by atoms with Gasteiger partial charge >= 0.3 is 0 Å². The number of rotatable bonds is 4. The predicted molar refractivity (Wildman–Crippen MR) is 96.5 cm³/mol. The molecule has 0 amide bonds. The van der Waals surface area contributed by atoms with E-state index in [2.05, 4.69) is 32.0 Å². The molecule has 2 fully saturated rings. The van der Waals surface area contributed by atoms with E-state index in [0.29, 0.717) is 17.6 Å². The summed E-state index contributed by atoms with van der Waals surface area (Å²) in [6, 6.07) is 6.78. The first-order valence-electron chi connectivity index (χ1n) is 9.92. The number of ketones is 1. The molecule has 2 heteroatoms. The maximum atomic E-state index is 12.4. The molecule has 2 nitrogen and oxygen atoms in total. The summed E-state index contributed by atoms with van der Waals surface area (Å²) in [5.41, 5.74) is 3.04. The summed E-state index contributed by atoms with van der Waals surface area (Å²) in [5, 5.41) is 0. The number of aryl methyl sites for hydroxylation is 1. The number of benzene rings is 1. The smallest absolute Gasteiger partial charge is 0.139 e. The molecule has 3 aliphatic carbocycles. The second kappa shape index (κ2) is 6.20. The fourth-order valence-electron chi connectivity index (χ4n) is 5.75. The van der Waals surface area contributed by atoms with E-state index in [1.165, 1.54) is 24.8 Å². The van der Waals surface area contributed by atoms with Gasteiger partial charge in [0, 0.05) is 11.8 Å². The molecule has 130 valence electrons. The molecule has 1 aromatic rings. The zero-order valence-corrected chi connectivity index (χ0v) is 15.1. The third kappa shape index (κ3) is 2.50. The topological polar surface area (TPSA) is 26.3 Å². The second-order valence-electron chi connectivity index (χ2n) is 8.40. The average Bonchev–Trinajstić information content (AvgIpc) is 2.90. The van der Waals surface area contributed by atoms with Crippen molar-refractivity contribution in [3.63, 3.8) is 0 Å². The molecule has 0 aliphatic heterocycles. The van der Waals surface area contributed by atoms with E-state index in [1.54, 1.807) is 5.56 Å². The molecular weight excluding hydrogens is 296 g/mol. The van der Waals surface area contributed by atoms with Crippen molar-refractivity contribution in [3.8, 4) is 5.75 Å². The molecule has 4 rings (SSSR count). The fraction of sp³-hybridized carbons (Fsp3) is 0.682. The van der Waals surface area contributed by atoms with Gasteiger partial charge in [0.05, 0.1) is 6.61 Å². The average molecular weight is 326 g/mol. The summed E-state index contributed by atoms with van der Waals surface area (Å²) < 4.78 is 5.90.